The van der Waals surface area contributed by atoms with Crippen LogP contribution in [0.1, 0.15) is 36.6 Å². The molecule has 0 N–H and O–H groups in total. The van der Waals surface area contributed by atoms with Crippen molar-refractivity contribution in [2.24, 2.45) is 29.6 Å². The number of fused-ring (bicyclic) bond motifs is 6. The SMILES string of the molecule is ClC(c1ccc2c(c1)OCCCO2)C1C2C3CCC(C3)C21. The normalized spacial score (nSPS) is 40.5. The molecule has 0 saturated heterocycles. The predicted molar refractivity (Wildman–Crippen MR) is 81.9 cm³/mol. The van der Waals surface area contributed by atoms with Crippen LogP contribution < -0.4 is 9.47 Å². The molecule has 5 unspecified atom stereocenters. The lowest BCUT2D eigenvalue weighted by Gasteiger charge is -2.16. The highest BCUT2D eigenvalue weighted by Gasteiger charge is 2.66. The van der Waals surface area contributed by atoms with Gasteiger partial charge in [0.1, 0.15) is 0 Å². The first-order valence-corrected chi connectivity index (χ1v) is 8.80. The Balaban J connectivity index is 1.40. The van der Waals surface area contributed by atoms with Gasteiger partial charge in [-0.2, -0.15) is 0 Å². The van der Waals surface area contributed by atoms with Crippen molar-refractivity contribution in [3.8, 4) is 11.5 Å². The van der Waals surface area contributed by atoms with Crippen molar-refractivity contribution < 1.29 is 9.47 Å². The lowest BCUT2D eigenvalue weighted by molar-refractivity contribution is 0.297. The zero-order valence-electron chi connectivity index (χ0n) is 12.1. The van der Waals surface area contributed by atoms with Crippen molar-refractivity contribution in [3.05, 3.63) is 23.8 Å². The molecule has 3 heteroatoms. The van der Waals surface area contributed by atoms with Crippen LogP contribution in [0.25, 0.3) is 0 Å². The fourth-order valence-electron chi connectivity index (χ4n) is 5.36. The number of benzene rings is 1. The maximum absolute atomic E-state index is 6.85. The molecule has 1 aromatic rings. The molecule has 0 amide bonds. The minimum Gasteiger partial charge on any atom is -0.490 e. The summed E-state index contributed by atoms with van der Waals surface area (Å²) in [4.78, 5) is 0. The monoisotopic (exact) mass is 304 g/mol. The van der Waals surface area contributed by atoms with E-state index in [2.05, 4.69) is 12.1 Å². The second-order valence-electron chi connectivity index (χ2n) is 7.22. The van der Waals surface area contributed by atoms with Crippen LogP contribution in [0, 0.1) is 29.6 Å². The Hall–Kier alpha value is -0.890. The molecule has 21 heavy (non-hydrogen) atoms. The Labute approximate surface area is 130 Å². The van der Waals surface area contributed by atoms with Crippen LogP contribution in [0.5, 0.6) is 11.5 Å². The van der Waals surface area contributed by atoms with Crippen molar-refractivity contribution in [1.29, 1.82) is 0 Å². The fraction of sp³-hybridized carbons (Fsp3) is 0.667. The van der Waals surface area contributed by atoms with E-state index in [0.29, 0.717) is 5.92 Å². The summed E-state index contributed by atoms with van der Waals surface area (Å²) in [6.45, 7) is 1.48. The summed E-state index contributed by atoms with van der Waals surface area (Å²) >= 11 is 6.85. The van der Waals surface area contributed by atoms with Gasteiger partial charge >= 0.3 is 0 Å². The maximum Gasteiger partial charge on any atom is 0.161 e. The zero-order chi connectivity index (χ0) is 14.0. The van der Waals surface area contributed by atoms with Crippen LogP contribution in [0.2, 0.25) is 0 Å². The molecule has 1 heterocycles. The van der Waals surface area contributed by atoms with Crippen LogP contribution in [-0.2, 0) is 0 Å². The molecule has 1 aliphatic heterocycles. The lowest BCUT2D eigenvalue weighted by Crippen LogP contribution is -2.04. The first-order chi connectivity index (χ1) is 10.3. The zero-order valence-corrected chi connectivity index (χ0v) is 12.9. The molecule has 3 aliphatic carbocycles. The third kappa shape index (κ3) is 1.84. The molecule has 4 aliphatic rings. The summed E-state index contributed by atoms with van der Waals surface area (Å²) in [7, 11) is 0. The summed E-state index contributed by atoms with van der Waals surface area (Å²) in [5, 5.41) is 0.153. The molecule has 0 spiro atoms. The van der Waals surface area contributed by atoms with E-state index in [4.69, 9.17) is 21.1 Å². The number of alkyl halides is 1. The third-order valence-corrected chi connectivity index (χ3v) is 6.77. The number of hydrogen-bond acceptors (Lipinski definition) is 2. The predicted octanol–water partition coefficient (Wildman–Crippen LogP) is 4.42. The summed E-state index contributed by atoms with van der Waals surface area (Å²) in [6.07, 6.45) is 5.33. The van der Waals surface area contributed by atoms with Gasteiger partial charge in [-0.05, 0) is 66.5 Å². The highest BCUT2D eigenvalue weighted by atomic mass is 35.5. The van der Waals surface area contributed by atoms with Gasteiger partial charge in [0.15, 0.2) is 11.5 Å². The molecule has 3 fully saturated rings. The van der Waals surface area contributed by atoms with Gasteiger partial charge in [0, 0.05) is 6.42 Å². The van der Waals surface area contributed by atoms with Crippen LogP contribution in [0.3, 0.4) is 0 Å². The number of ether oxygens (including phenoxy) is 2. The average Bonchev–Trinajstić information content (AvgIpc) is 3.06. The Morgan fingerprint density at radius 2 is 1.71 bits per heavy atom. The highest BCUT2D eigenvalue weighted by molar-refractivity contribution is 6.21. The van der Waals surface area contributed by atoms with Crippen molar-refractivity contribution >= 4 is 11.6 Å². The van der Waals surface area contributed by atoms with Crippen molar-refractivity contribution in [2.45, 2.75) is 31.1 Å². The van der Waals surface area contributed by atoms with E-state index in [1.807, 2.05) is 6.07 Å². The molecular formula is C18H21ClO2. The average molecular weight is 305 g/mol. The van der Waals surface area contributed by atoms with Crippen LogP contribution in [0.15, 0.2) is 18.2 Å². The van der Waals surface area contributed by atoms with Gasteiger partial charge < -0.3 is 9.47 Å². The van der Waals surface area contributed by atoms with E-state index < -0.39 is 0 Å². The molecule has 1 aromatic carbocycles. The largest absolute Gasteiger partial charge is 0.490 e. The Kier molecular flexibility index (Phi) is 2.74. The van der Waals surface area contributed by atoms with Gasteiger partial charge in [-0.15, -0.1) is 11.6 Å². The third-order valence-electron chi connectivity index (χ3n) is 6.22. The number of halogens is 1. The van der Waals surface area contributed by atoms with Crippen molar-refractivity contribution in [3.63, 3.8) is 0 Å². The second kappa shape index (κ2) is 4.55. The smallest absolute Gasteiger partial charge is 0.161 e. The molecule has 0 aromatic heterocycles. The van der Waals surface area contributed by atoms with E-state index in [1.165, 1.54) is 24.8 Å². The quantitative estimate of drug-likeness (QED) is 0.753. The highest BCUT2D eigenvalue weighted by Crippen LogP contribution is 2.73. The molecule has 5 rings (SSSR count). The molecule has 2 nitrogen and oxygen atoms in total. The molecule has 5 atom stereocenters. The van der Waals surface area contributed by atoms with E-state index >= 15 is 0 Å². The molecule has 2 bridgehead atoms. The van der Waals surface area contributed by atoms with Crippen LogP contribution in [-0.4, -0.2) is 13.2 Å². The number of hydrogen-bond donors (Lipinski definition) is 0. The van der Waals surface area contributed by atoms with Crippen molar-refractivity contribution in [1.82, 2.24) is 0 Å². The molecular weight excluding hydrogens is 284 g/mol. The summed E-state index contributed by atoms with van der Waals surface area (Å²) in [6, 6.07) is 6.30. The Morgan fingerprint density at radius 1 is 1.00 bits per heavy atom. The van der Waals surface area contributed by atoms with E-state index in [1.54, 1.807) is 0 Å². The first kappa shape index (κ1) is 12.6. The second-order valence-corrected chi connectivity index (χ2v) is 7.69. The van der Waals surface area contributed by atoms with Gasteiger partial charge in [-0.3, -0.25) is 0 Å². The van der Waals surface area contributed by atoms with Gasteiger partial charge in [-0.1, -0.05) is 6.07 Å². The molecule has 112 valence electrons. The maximum atomic E-state index is 6.85. The lowest BCUT2D eigenvalue weighted by atomic mass is 9.96. The van der Waals surface area contributed by atoms with Crippen LogP contribution >= 0.6 is 11.6 Å². The van der Waals surface area contributed by atoms with Gasteiger partial charge in [0.2, 0.25) is 0 Å². The number of rotatable bonds is 2. The van der Waals surface area contributed by atoms with Crippen molar-refractivity contribution in [2.75, 3.05) is 13.2 Å². The summed E-state index contributed by atoms with van der Waals surface area (Å²) < 4.78 is 11.5. The summed E-state index contributed by atoms with van der Waals surface area (Å²) in [5.74, 6) is 6.26. The van der Waals surface area contributed by atoms with Gasteiger partial charge in [-0.25, -0.2) is 0 Å². The first-order valence-electron chi connectivity index (χ1n) is 8.36. The van der Waals surface area contributed by atoms with E-state index in [-0.39, 0.29) is 5.38 Å². The fourth-order valence-corrected chi connectivity index (χ4v) is 5.83. The minimum atomic E-state index is 0.153. The van der Waals surface area contributed by atoms with E-state index in [9.17, 15) is 0 Å². The standard InChI is InChI=1S/C18H21ClO2/c19-18(17-15-10-2-3-11(8-10)16(15)17)12-4-5-13-14(9-12)21-7-1-6-20-13/h4-5,9-11,15-18H,1-3,6-8H2. The van der Waals surface area contributed by atoms with Crippen LogP contribution in [0.4, 0.5) is 0 Å². The summed E-state index contributed by atoms with van der Waals surface area (Å²) in [5.41, 5.74) is 1.22. The van der Waals surface area contributed by atoms with Gasteiger partial charge in [0.05, 0.1) is 18.6 Å². The van der Waals surface area contributed by atoms with E-state index in [0.717, 1.165) is 54.8 Å². The Bertz CT molecular complexity index is 556. The Morgan fingerprint density at radius 3 is 2.48 bits per heavy atom. The molecule has 3 saturated carbocycles. The topological polar surface area (TPSA) is 18.5 Å². The molecule has 0 radical (unpaired) electrons. The minimum absolute atomic E-state index is 0.153. The van der Waals surface area contributed by atoms with Gasteiger partial charge in [0.25, 0.3) is 0 Å².